The van der Waals surface area contributed by atoms with Crippen LogP contribution in [0.5, 0.6) is 0 Å². The predicted molar refractivity (Wildman–Crippen MR) is 78.5 cm³/mol. The van der Waals surface area contributed by atoms with Gasteiger partial charge in [-0.05, 0) is 63.6 Å². The van der Waals surface area contributed by atoms with Gasteiger partial charge in [-0.3, -0.25) is 4.98 Å². The summed E-state index contributed by atoms with van der Waals surface area (Å²) in [6, 6.07) is 4.14. The van der Waals surface area contributed by atoms with E-state index >= 15 is 0 Å². The molecule has 0 aliphatic carbocycles. The van der Waals surface area contributed by atoms with Gasteiger partial charge in [-0.15, -0.1) is 0 Å². The summed E-state index contributed by atoms with van der Waals surface area (Å²) in [5.41, 5.74) is 0.918. The van der Waals surface area contributed by atoms with E-state index in [-0.39, 0.29) is 6.09 Å². The molecule has 1 aromatic heterocycles. The van der Waals surface area contributed by atoms with E-state index in [1.807, 2.05) is 38.1 Å². The number of nitrogens with zero attached hydrogens (tertiary/aromatic N) is 2. The summed E-state index contributed by atoms with van der Waals surface area (Å²) >= 11 is 0. The predicted octanol–water partition coefficient (Wildman–Crippen LogP) is 3.27. The number of hydrogen-bond acceptors (Lipinski definition) is 3. The average Bonchev–Trinajstić information content (AvgIpc) is 2.39. The molecule has 0 bridgehead atoms. The zero-order valence-electron chi connectivity index (χ0n) is 12.6. The summed E-state index contributed by atoms with van der Waals surface area (Å²) in [5, 5.41) is 0. The maximum atomic E-state index is 12.0. The van der Waals surface area contributed by atoms with Crippen LogP contribution < -0.4 is 0 Å². The number of hydrogen-bond donors (Lipinski definition) is 0. The van der Waals surface area contributed by atoms with Crippen LogP contribution in [0.4, 0.5) is 4.79 Å². The van der Waals surface area contributed by atoms with Gasteiger partial charge < -0.3 is 9.64 Å². The topological polar surface area (TPSA) is 42.4 Å². The number of ether oxygens (including phenoxy) is 1. The third kappa shape index (κ3) is 4.51. The molecule has 0 saturated carbocycles. The van der Waals surface area contributed by atoms with Gasteiger partial charge in [-0.1, -0.05) is 0 Å². The number of carbonyl (C=O) groups is 1. The van der Waals surface area contributed by atoms with Crippen molar-refractivity contribution in [2.45, 2.75) is 45.6 Å². The van der Waals surface area contributed by atoms with Gasteiger partial charge in [-0.2, -0.15) is 0 Å². The van der Waals surface area contributed by atoms with E-state index in [9.17, 15) is 4.79 Å². The second-order valence-electron chi connectivity index (χ2n) is 6.47. The quantitative estimate of drug-likeness (QED) is 0.832. The molecule has 1 amide bonds. The first-order valence-corrected chi connectivity index (χ1v) is 7.31. The number of amides is 1. The Labute approximate surface area is 121 Å². The number of likely N-dealkylation sites (tertiary alicyclic amines) is 1. The zero-order valence-corrected chi connectivity index (χ0v) is 12.6. The monoisotopic (exact) mass is 276 g/mol. The van der Waals surface area contributed by atoms with E-state index in [0.29, 0.717) is 5.92 Å². The SMILES string of the molecule is CC(C)(C)OC(=O)N1CCC(Cc2ccncc2)CC1. The van der Waals surface area contributed by atoms with Gasteiger partial charge in [0.1, 0.15) is 5.60 Å². The molecule has 1 aromatic rings. The molecule has 110 valence electrons. The minimum atomic E-state index is -0.412. The Morgan fingerprint density at radius 3 is 2.45 bits per heavy atom. The van der Waals surface area contributed by atoms with Crippen molar-refractivity contribution in [1.82, 2.24) is 9.88 Å². The van der Waals surface area contributed by atoms with Crippen molar-refractivity contribution in [2.75, 3.05) is 13.1 Å². The maximum Gasteiger partial charge on any atom is 0.410 e. The third-order valence-corrected chi connectivity index (χ3v) is 3.54. The van der Waals surface area contributed by atoms with Gasteiger partial charge >= 0.3 is 6.09 Å². The molecule has 0 unspecified atom stereocenters. The lowest BCUT2D eigenvalue weighted by atomic mass is 9.91. The van der Waals surface area contributed by atoms with E-state index in [0.717, 1.165) is 32.4 Å². The van der Waals surface area contributed by atoms with Crippen LogP contribution >= 0.6 is 0 Å². The fourth-order valence-corrected chi connectivity index (χ4v) is 2.50. The van der Waals surface area contributed by atoms with Crippen LogP contribution in [-0.4, -0.2) is 34.7 Å². The van der Waals surface area contributed by atoms with Gasteiger partial charge in [0.2, 0.25) is 0 Å². The van der Waals surface area contributed by atoms with Crippen molar-refractivity contribution in [3.05, 3.63) is 30.1 Å². The van der Waals surface area contributed by atoms with Gasteiger partial charge in [0, 0.05) is 25.5 Å². The van der Waals surface area contributed by atoms with Crippen LogP contribution in [0.25, 0.3) is 0 Å². The van der Waals surface area contributed by atoms with Crippen LogP contribution in [-0.2, 0) is 11.2 Å². The van der Waals surface area contributed by atoms with Gasteiger partial charge in [0.05, 0.1) is 0 Å². The number of piperidine rings is 1. The molecule has 1 saturated heterocycles. The molecule has 4 nitrogen and oxygen atoms in total. The number of pyridine rings is 1. The Bertz CT molecular complexity index is 432. The molecule has 0 atom stereocenters. The van der Waals surface area contributed by atoms with Crippen molar-refractivity contribution >= 4 is 6.09 Å². The molecule has 20 heavy (non-hydrogen) atoms. The lowest BCUT2D eigenvalue weighted by Crippen LogP contribution is -2.42. The third-order valence-electron chi connectivity index (χ3n) is 3.54. The van der Waals surface area contributed by atoms with Gasteiger partial charge in [0.25, 0.3) is 0 Å². The normalized spacial score (nSPS) is 17.1. The standard InChI is InChI=1S/C16H24N2O2/c1-16(2,3)20-15(19)18-10-6-14(7-11-18)12-13-4-8-17-9-5-13/h4-5,8-9,14H,6-7,10-12H2,1-3H3. The van der Waals surface area contributed by atoms with Crippen molar-refractivity contribution < 1.29 is 9.53 Å². The van der Waals surface area contributed by atoms with Crippen LogP contribution in [0, 0.1) is 5.92 Å². The lowest BCUT2D eigenvalue weighted by molar-refractivity contribution is 0.0184. The molecule has 2 heterocycles. The summed E-state index contributed by atoms with van der Waals surface area (Å²) in [4.78, 5) is 17.8. The minimum Gasteiger partial charge on any atom is -0.444 e. The maximum absolute atomic E-state index is 12.0. The summed E-state index contributed by atoms with van der Waals surface area (Å²) in [7, 11) is 0. The molecule has 1 fully saturated rings. The van der Waals surface area contributed by atoms with Crippen LogP contribution in [0.3, 0.4) is 0 Å². The van der Waals surface area contributed by atoms with Crippen molar-refractivity contribution in [3.63, 3.8) is 0 Å². The Morgan fingerprint density at radius 2 is 1.90 bits per heavy atom. The van der Waals surface area contributed by atoms with Crippen LogP contribution in [0.1, 0.15) is 39.2 Å². The molecule has 2 rings (SSSR count). The largest absolute Gasteiger partial charge is 0.444 e. The first kappa shape index (κ1) is 14.8. The second kappa shape index (κ2) is 6.25. The Balaban J connectivity index is 1.79. The molecular formula is C16H24N2O2. The highest BCUT2D eigenvalue weighted by Gasteiger charge is 2.26. The summed E-state index contributed by atoms with van der Waals surface area (Å²) in [5.74, 6) is 0.649. The molecule has 0 radical (unpaired) electrons. The second-order valence-corrected chi connectivity index (χ2v) is 6.47. The van der Waals surface area contributed by atoms with Crippen molar-refractivity contribution in [2.24, 2.45) is 5.92 Å². The smallest absolute Gasteiger partial charge is 0.410 e. The van der Waals surface area contributed by atoms with Crippen LogP contribution in [0.15, 0.2) is 24.5 Å². The van der Waals surface area contributed by atoms with E-state index in [2.05, 4.69) is 17.1 Å². The fraction of sp³-hybridized carbons (Fsp3) is 0.625. The first-order chi connectivity index (χ1) is 9.44. The molecule has 0 N–H and O–H groups in total. The highest BCUT2D eigenvalue weighted by Crippen LogP contribution is 2.22. The molecule has 1 aliphatic heterocycles. The molecular weight excluding hydrogens is 252 g/mol. The van der Waals surface area contributed by atoms with Gasteiger partial charge in [-0.25, -0.2) is 4.79 Å². The average molecular weight is 276 g/mol. The van der Waals surface area contributed by atoms with Crippen LogP contribution in [0.2, 0.25) is 0 Å². The molecule has 0 aromatic carbocycles. The van der Waals surface area contributed by atoms with E-state index in [4.69, 9.17) is 4.74 Å². The highest BCUT2D eigenvalue weighted by molar-refractivity contribution is 5.68. The molecule has 1 aliphatic rings. The Morgan fingerprint density at radius 1 is 1.30 bits per heavy atom. The summed E-state index contributed by atoms with van der Waals surface area (Å²) in [6.07, 6.45) is 6.66. The lowest BCUT2D eigenvalue weighted by Gasteiger charge is -2.33. The minimum absolute atomic E-state index is 0.181. The molecule has 4 heteroatoms. The highest BCUT2D eigenvalue weighted by atomic mass is 16.6. The van der Waals surface area contributed by atoms with Gasteiger partial charge in [0.15, 0.2) is 0 Å². The fourth-order valence-electron chi connectivity index (χ4n) is 2.50. The zero-order chi connectivity index (χ0) is 14.6. The summed E-state index contributed by atoms with van der Waals surface area (Å²) in [6.45, 7) is 7.30. The number of aromatic nitrogens is 1. The first-order valence-electron chi connectivity index (χ1n) is 7.31. The summed E-state index contributed by atoms with van der Waals surface area (Å²) < 4.78 is 5.41. The van der Waals surface area contributed by atoms with E-state index in [1.54, 1.807) is 0 Å². The molecule has 0 spiro atoms. The number of carbonyl (C=O) groups excluding carboxylic acids is 1. The Hall–Kier alpha value is -1.58. The van der Waals surface area contributed by atoms with Crippen molar-refractivity contribution in [3.8, 4) is 0 Å². The van der Waals surface area contributed by atoms with Crippen molar-refractivity contribution in [1.29, 1.82) is 0 Å². The van der Waals surface area contributed by atoms with E-state index in [1.165, 1.54) is 5.56 Å². The number of rotatable bonds is 2. The Kier molecular flexibility index (Phi) is 4.63. The van der Waals surface area contributed by atoms with E-state index < -0.39 is 5.60 Å².